The van der Waals surface area contributed by atoms with Crippen LogP contribution in [-0.4, -0.2) is 26.6 Å². The predicted octanol–water partition coefficient (Wildman–Crippen LogP) is 1.98. The van der Waals surface area contributed by atoms with E-state index in [1.54, 1.807) is 12.1 Å². The Morgan fingerprint density at radius 2 is 2.12 bits per heavy atom. The van der Waals surface area contributed by atoms with Crippen LogP contribution in [0.25, 0.3) is 0 Å². The highest BCUT2D eigenvalue weighted by Crippen LogP contribution is 2.18. The number of ether oxygens (including phenoxy) is 2. The summed E-state index contributed by atoms with van der Waals surface area (Å²) in [6, 6.07) is 4.70. The second-order valence-electron chi connectivity index (χ2n) is 3.44. The second-order valence-corrected chi connectivity index (χ2v) is 3.44. The minimum atomic E-state index is -0.404. The molecule has 0 aliphatic heterocycles. The lowest BCUT2D eigenvalue weighted by Crippen LogP contribution is -2.07. The number of carbonyl (C=O) groups excluding carboxylic acids is 1. The third-order valence-corrected chi connectivity index (χ3v) is 2.21. The second kappa shape index (κ2) is 6.23. The van der Waals surface area contributed by atoms with Crippen molar-refractivity contribution in [3.63, 3.8) is 0 Å². The van der Waals surface area contributed by atoms with E-state index in [-0.39, 0.29) is 18.1 Å². The maximum absolute atomic E-state index is 13.3. The largest absolute Gasteiger partial charge is 0.494 e. The summed E-state index contributed by atoms with van der Waals surface area (Å²) in [5, 5.41) is 0. The quantitative estimate of drug-likeness (QED) is 0.744. The molecule has 0 amide bonds. The number of halogens is 1. The number of hydrogen-bond acceptors (Lipinski definition) is 3. The third-order valence-electron chi connectivity index (χ3n) is 2.21. The maximum atomic E-state index is 13.3. The van der Waals surface area contributed by atoms with E-state index in [1.807, 2.05) is 0 Å². The molecule has 1 aromatic rings. The Morgan fingerprint density at radius 3 is 2.69 bits per heavy atom. The Labute approximate surface area is 94.2 Å². The van der Waals surface area contributed by atoms with E-state index in [0.29, 0.717) is 12.8 Å². The van der Waals surface area contributed by atoms with Gasteiger partial charge in [0, 0.05) is 13.5 Å². The Morgan fingerprint density at radius 1 is 1.38 bits per heavy atom. The first-order chi connectivity index (χ1) is 7.67. The summed E-state index contributed by atoms with van der Waals surface area (Å²) >= 11 is 0. The highest BCUT2D eigenvalue weighted by Gasteiger charge is 2.05. The summed E-state index contributed by atoms with van der Waals surface area (Å²) in [5.74, 6) is -0.176. The van der Waals surface area contributed by atoms with Crippen molar-refractivity contribution >= 4 is 5.78 Å². The molecule has 0 radical (unpaired) electrons. The van der Waals surface area contributed by atoms with E-state index in [0.717, 1.165) is 5.56 Å². The van der Waals surface area contributed by atoms with Crippen molar-refractivity contribution in [1.29, 1.82) is 0 Å². The minimum Gasteiger partial charge on any atom is -0.494 e. The fraction of sp³-hybridized carbons (Fsp3) is 0.417. The van der Waals surface area contributed by atoms with Gasteiger partial charge in [0.1, 0.15) is 6.61 Å². The first kappa shape index (κ1) is 12.6. The van der Waals surface area contributed by atoms with Crippen molar-refractivity contribution < 1.29 is 18.7 Å². The van der Waals surface area contributed by atoms with Gasteiger partial charge in [-0.2, -0.15) is 0 Å². The zero-order valence-corrected chi connectivity index (χ0v) is 9.46. The lowest BCUT2D eigenvalue weighted by Gasteiger charge is -2.04. The van der Waals surface area contributed by atoms with Gasteiger partial charge < -0.3 is 9.47 Å². The third kappa shape index (κ3) is 3.62. The molecule has 0 saturated heterocycles. The van der Waals surface area contributed by atoms with Gasteiger partial charge in [0.2, 0.25) is 0 Å². The molecule has 88 valence electrons. The Hall–Kier alpha value is -1.42. The molecule has 0 aliphatic carbocycles. The average molecular weight is 226 g/mol. The molecular weight excluding hydrogens is 211 g/mol. The van der Waals surface area contributed by atoms with Crippen molar-refractivity contribution in [1.82, 2.24) is 0 Å². The van der Waals surface area contributed by atoms with Gasteiger partial charge in [-0.15, -0.1) is 0 Å². The molecule has 16 heavy (non-hydrogen) atoms. The average Bonchev–Trinajstić information content (AvgIpc) is 2.27. The molecular formula is C12H15FO3. The van der Waals surface area contributed by atoms with Gasteiger partial charge in [-0.05, 0) is 24.1 Å². The molecule has 1 aromatic carbocycles. The van der Waals surface area contributed by atoms with E-state index in [9.17, 15) is 9.18 Å². The number of Topliss-reactive ketones (excluding diaryl/α,β-unsaturated/α-hetero) is 1. The summed E-state index contributed by atoms with van der Waals surface area (Å²) in [6.45, 7) is 0.110. The van der Waals surface area contributed by atoms with Crippen molar-refractivity contribution in [2.45, 2.75) is 12.8 Å². The minimum absolute atomic E-state index is 0.0127. The smallest absolute Gasteiger partial charge is 0.165 e. The maximum Gasteiger partial charge on any atom is 0.165 e. The Balaban J connectivity index is 2.55. The van der Waals surface area contributed by atoms with Crippen LogP contribution < -0.4 is 4.74 Å². The number of ketones is 1. The number of hydrogen-bond donors (Lipinski definition) is 0. The summed E-state index contributed by atoms with van der Waals surface area (Å²) in [5.41, 5.74) is 0.780. The van der Waals surface area contributed by atoms with Crippen molar-refractivity contribution in [2.24, 2.45) is 0 Å². The molecule has 0 aliphatic rings. The monoisotopic (exact) mass is 226 g/mol. The molecule has 0 fully saturated rings. The summed E-state index contributed by atoms with van der Waals surface area (Å²) < 4.78 is 22.8. The van der Waals surface area contributed by atoms with Gasteiger partial charge in [-0.3, -0.25) is 4.79 Å². The molecule has 3 nitrogen and oxygen atoms in total. The number of carbonyl (C=O) groups is 1. The fourth-order valence-corrected chi connectivity index (χ4v) is 1.38. The van der Waals surface area contributed by atoms with Crippen molar-refractivity contribution in [2.75, 3.05) is 20.8 Å². The van der Waals surface area contributed by atoms with Crippen LogP contribution in [0.15, 0.2) is 18.2 Å². The van der Waals surface area contributed by atoms with E-state index in [2.05, 4.69) is 0 Å². The van der Waals surface area contributed by atoms with Gasteiger partial charge in [0.15, 0.2) is 17.3 Å². The highest BCUT2D eigenvalue weighted by atomic mass is 19.1. The molecule has 0 unspecified atom stereocenters. The van der Waals surface area contributed by atoms with Crippen LogP contribution in [0.1, 0.15) is 12.0 Å². The van der Waals surface area contributed by atoms with Gasteiger partial charge in [-0.25, -0.2) is 4.39 Å². The summed E-state index contributed by atoms with van der Waals surface area (Å²) in [6.07, 6.45) is 0.878. The van der Waals surface area contributed by atoms with Crippen LogP contribution in [0.2, 0.25) is 0 Å². The van der Waals surface area contributed by atoms with Crippen molar-refractivity contribution in [3.05, 3.63) is 29.6 Å². The normalized spacial score (nSPS) is 10.2. The van der Waals surface area contributed by atoms with Gasteiger partial charge >= 0.3 is 0 Å². The Bertz CT molecular complexity index is 363. The topological polar surface area (TPSA) is 35.5 Å². The number of methoxy groups -OCH3 is 2. The predicted molar refractivity (Wildman–Crippen MR) is 58.2 cm³/mol. The molecule has 0 atom stereocenters. The zero-order valence-electron chi connectivity index (χ0n) is 9.46. The van der Waals surface area contributed by atoms with Gasteiger partial charge in [0.25, 0.3) is 0 Å². The standard InChI is InChI=1S/C12H15FO3/c1-15-8-10(14)5-3-9-4-6-12(16-2)11(13)7-9/h4,6-7H,3,5,8H2,1-2H3. The van der Waals surface area contributed by atoms with Crippen LogP contribution in [0.4, 0.5) is 4.39 Å². The van der Waals surface area contributed by atoms with Gasteiger partial charge in [0.05, 0.1) is 7.11 Å². The van der Waals surface area contributed by atoms with Gasteiger partial charge in [-0.1, -0.05) is 6.07 Å². The fourth-order valence-electron chi connectivity index (χ4n) is 1.38. The van der Waals surface area contributed by atoms with Crippen molar-refractivity contribution in [3.8, 4) is 5.75 Å². The van der Waals surface area contributed by atoms with E-state index in [1.165, 1.54) is 20.3 Å². The molecule has 0 aromatic heterocycles. The molecule has 4 heteroatoms. The first-order valence-corrected chi connectivity index (χ1v) is 5.00. The molecule has 0 spiro atoms. The summed E-state index contributed by atoms with van der Waals surface area (Å²) in [4.78, 5) is 11.2. The highest BCUT2D eigenvalue weighted by molar-refractivity contribution is 5.79. The number of aryl methyl sites for hydroxylation is 1. The molecule has 1 rings (SSSR count). The zero-order chi connectivity index (χ0) is 12.0. The molecule has 0 N–H and O–H groups in total. The van der Waals surface area contributed by atoms with Crippen LogP contribution in [0.5, 0.6) is 5.75 Å². The Kier molecular flexibility index (Phi) is 4.92. The summed E-state index contributed by atoms with van der Waals surface area (Å²) in [7, 11) is 2.89. The van der Waals surface area contributed by atoms with Crippen LogP contribution in [-0.2, 0) is 16.0 Å². The molecule has 0 heterocycles. The molecule has 0 saturated carbocycles. The lowest BCUT2D eigenvalue weighted by molar-refractivity contribution is -0.122. The molecule has 0 bridgehead atoms. The number of benzene rings is 1. The van der Waals surface area contributed by atoms with E-state index in [4.69, 9.17) is 9.47 Å². The first-order valence-electron chi connectivity index (χ1n) is 5.00. The van der Waals surface area contributed by atoms with Crippen LogP contribution >= 0.6 is 0 Å². The van der Waals surface area contributed by atoms with Crippen LogP contribution in [0, 0.1) is 5.82 Å². The SMILES string of the molecule is COCC(=O)CCc1ccc(OC)c(F)c1. The van der Waals surface area contributed by atoms with Crippen LogP contribution in [0.3, 0.4) is 0 Å². The van der Waals surface area contributed by atoms with E-state index < -0.39 is 5.82 Å². The van der Waals surface area contributed by atoms with E-state index >= 15 is 0 Å². The number of rotatable bonds is 6. The lowest BCUT2D eigenvalue weighted by atomic mass is 10.1.